The van der Waals surface area contributed by atoms with E-state index in [2.05, 4.69) is 15.3 Å². The van der Waals surface area contributed by atoms with E-state index >= 15 is 0 Å². The highest BCUT2D eigenvalue weighted by Gasteiger charge is 2.32. The summed E-state index contributed by atoms with van der Waals surface area (Å²) in [4.78, 5) is 21.6. The number of aromatic nitrogens is 2. The summed E-state index contributed by atoms with van der Waals surface area (Å²) in [6.07, 6.45) is 0.317. The van der Waals surface area contributed by atoms with Gasteiger partial charge in [0, 0.05) is 28.4 Å². The van der Waals surface area contributed by atoms with E-state index < -0.39 is 17.9 Å². The molecule has 0 spiro atoms. The van der Waals surface area contributed by atoms with Crippen LogP contribution in [0.25, 0.3) is 11.3 Å². The molecule has 0 aliphatic heterocycles. The zero-order valence-corrected chi connectivity index (χ0v) is 17.4. The SMILES string of the molecule is CSc1cc(C(=O)N[C@H](C)c2ccc(C(F)(F)F)nc2)cc(-c2ccc(C)cn2)c1. The van der Waals surface area contributed by atoms with Crippen molar-refractivity contribution in [3.63, 3.8) is 0 Å². The van der Waals surface area contributed by atoms with Gasteiger partial charge in [-0.2, -0.15) is 13.2 Å². The van der Waals surface area contributed by atoms with E-state index in [9.17, 15) is 18.0 Å². The summed E-state index contributed by atoms with van der Waals surface area (Å²) >= 11 is 1.51. The molecule has 4 nitrogen and oxygen atoms in total. The molecule has 8 heteroatoms. The summed E-state index contributed by atoms with van der Waals surface area (Å²) in [5, 5.41) is 2.82. The molecule has 2 aromatic heterocycles. The van der Waals surface area contributed by atoms with Crippen LogP contribution in [0.5, 0.6) is 0 Å². The van der Waals surface area contributed by atoms with Gasteiger partial charge in [0.15, 0.2) is 0 Å². The standard InChI is InChI=1S/C22H20F3N3OS/c1-13-4-6-19(26-11-13)16-8-17(10-18(9-16)30-3)21(29)28-14(2)15-5-7-20(27-12-15)22(23,24)25/h4-12,14H,1-3H3,(H,28,29)/t14-/m1/s1. The molecule has 0 saturated heterocycles. The number of carbonyl (C=O) groups is 1. The third-order valence-corrected chi connectivity index (χ3v) is 5.24. The summed E-state index contributed by atoms with van der Waals surface area (Å²) in [6, 6.07) is 11.1. The first kappa shape index (κ1) is 21.8. The van der Waals surface area contributed by atoms with Crippen LogP contribution in [0.3, 0.4) is 0 Å². The molecule has 0 bridgehead atoms. The molecule has 156 valence electrons. The predicted molar refractivity (Wildman–Crippen MR) is 111 cm³/mol. The lowest BCUT2D eigenvalue weighted by atomic mass is 10.1. The molecule has 3 rings (SSSR count). The van der Waals surface area contributed by atoms with E-state index in [1.54, 1.807) is 25.3 Å². The number of hydrogen-bond acceptors (Lipinski definition) is 4. The fourth-order valence-corrected chi connectivity index (χ4v) is 3.32. The number of rotatable bonds is 5. The van der Waals surface area contributed by atoms with Crippen molar-refractivity contribution in [2.75, 3.05) is 6.26 Å². The Kier molecular flexibility index (Phi) is 6.45. The summed E-state index contributed by atoms with van der Waals surface area (Å²) in [5.74, 6) is -0.327. The third-order valence-electron chi connectivity index (χ3n) is 4.54. The highest BCUT2D eigenvalue weighted by Crippen LogP contribution is 2.28. The van der Waals surface area contributed by atoms with Gasteiger partial charge in [0.1, 0.15) is 5.69 Å². The van der Waals surface area contributed by atoms with Crippen molar-refractivity contribution in [3.05, 3.63) is 77.2 Å². The number of nitrogens with one attached hydrogen (secondary N) is 1. The molecule has 1 N–H and O–H groups in total. The number of thioether (sulfide) groups is 1. The van der Waals surface area contributed by atoms with Crippen LogP contribution in [-0.2, 0) is 6.18 Å². The van der Waals surface area contributed by atoms with Crippen molar-refractivity contribution in [2.24, 2.45) is 0 Å². The van der Waals surface area contributed by atoms with Crippen molar-refractivity contribution in [2.45, 2.75) is 31.0 Å². The topological polar surface area (TPSA) is 54.9 Å². The molecule has 30 heavy (non-hydrogen) atoms. The molecule has 0 aliphatic rings. The first-order valence-corrected chi connectivity index (χ1v) is 10.4. The van der Waals surface area contributed by atoms with Gasteiger partial charge >= 0.3 is 6.18 Å². The van der Waals surface area contributed by atoms with Crippen LogP contribution in [0.1, 0.15) is 40.1 Å². The Hall–Kier alpha value is -2.87. The van der Waals surface area contributed by atoms with Crippen molar-refractivity contribution in [1.82, 2.24) is 15.3 Å². The highest BCUT2D eigenvalue weighted by molar-refractivity contribution is 7.98. The first-order chi connectivity index (χ1) is 14.2. The van der Waals surface area contributed by atoms with Gasteiger partial charge in [-0.1, -0.05) is 12.1 Å². The highest BCUT2D eigenvalue weighted by atomic mass is 32.2. The second-order valence-corrected chi connectivity index (χ2v) is 7.72. The maximum Gasteiger partial charge on any atom is 0.433 e. The normalized spacial score (nSPS) is 12.5. The van der Waals surface area contributed by atoms with E-state index in [-0.39, 0.29) is 5.91 Å². The van der Waals surface area contributed by atoms with Gasteiger partial charge in [-0.15, -0.1) is 11.8 Å². The third kappa shape index (κ3) is 5.18. The molecular weight excluding hydrogens is 411 g/mol. The zero-order valence-electron chi connectivity index (χ0n) is 16.6. The van der Waals surface area contributed by atoms with E-state index in [1.807, 2.05) is 31.4 Å². The molecule has 0 saturated carbocycles. The van der Waals surface area contributed by atoms with E-state index in [0.717, 1.165) is 34.0 Å². The molecule has 1 atom stereocenters. The Morgan fingerprint density at radius 3 is 2.40 bits per heavy atom. The van der Waals surface area contributed by atoms with Crippen molar-refractivity contribution in [3.8, 4) is 11.3 Å². The lowest BCUT2D eigenvalue weighted by Crippen LogP contribution is -2.27. The van der Waals surface area contributed by atoms with Gasteiger partial charge in [0.25, 0.3) is 5.91 Å². The van der Waals surface area contributed by atoms with E-state index in [0.29, 0.717) is 11.1 Å². The average molecular weight is 431 g/mol. The summed E-state index contributed by atoms with van der Waals surface area (Å²) in [6.45, 7) is 3.65. The van der Waals surface area contributed by atoms with Gasteiger partial charge < -0.3 is 5.32 Å². The number of aryl methyl sites for hydroxylation is 1. The van der Waals surface area contributed by atoms with Crippen LogP contribution in [0.15, 0.2) is 59.8 Å². The lowest BCUT2D eigenvalue weighted by Gasteiger charge is -2.16. The number of alkyl halides is 3. The van der Waals surface area contributed by atoms with Crippen LogP contribution in [0, 0.1) is 6.92 Å². The number of carbonyl (C=O) groups excluding carboxylic acids is 1. The van der Waals surface area contributed by atoms with Gasteiger partial charge in [0.2, 0.25) is 0 Å². The maximum absolute atomic E-state index is 12.8. The second-order valence-electron chi connectivity index (χ2n) is 6.84. The summed E-state index contributed by atoms with van der Waals surface area (Å²) in [5.41, 5.74) is 2.58. The first-order valence-electron chi connectivity index (χ1n) is 9.13. The molecule has 1 amide bonds. The Balaban J connectivity index is 1.82. The monoisotopic (exact) mass is 431 g/mol. The summed E-state index contributed by atoms with van der Waals surface area (Å²) in [7, 11) is 0. The number of nitrogens with zero attached hydrogens (tertiary/aromatic N) is 2. The van der Waals surface area contributed by atoms with Gasteiger partial charge in [0.05, 0.1) is 11.7 Å². The van der Waals surface area contributed by atoms with Crippen LogP contribution >= 0.6 is 11.8 Å². The molecule has 0 fully saturated rings. The Morgan fingerprint density at radius 1 is 1.07 bits per heavy atom. The molecule has 0 aliphatic carbocycles. The smallest absolute Gasteiger partial charge is 0.345 e. The van der Waals surface area contributed by atoms with Crippen molar-refractivity contribution in [1.29, 1.82) is 0 Å². The Labute approximate surface area is 177 Å². The predicted octanol–water partition coefficient (Wildman–Crippen LogP) is 5.68. The average Bonchev–Trinajstić information content (AvgIpc) is 2.73. The van der Waals surface area contributed by atoms with Crippen LogP contribution < -0.4 is 5.32 Å². The van der Waals surface area contributed by atoms with Gasteiger partial charge in [-0.3, -0.25) is 14.8 Å². The largest absolute Gasteiger partial charge is 0.433 e. The minimum Gasteiger partial charge on any atom is -0.345 e. The number of benzene rings is 1. The Morgan fingerprint density at radius 2 is 1.83 bits per heavy atom. The van der Waals surface area contributed by atoms with Crippen LogP contribution in [-0.4, -0.2) is 22.1 Å². The molecule has 0 radical (unpaired) electrons. The Bertz CT molecular complexity index is 1030. The molecule has 2 heterocycles. The lowest BCUT2D eigenvalue weighted by molar-refractivity contribution is -0.141. The fraction of sp³-hybridized carbons (Fsp3) is 0.227. The number of pyridine rings is 2. The van der Waals surface area contributed by atoms with Gasteiger partial charge in [-0.25, -0.2) is 0 Å². The number of halogens is 3. The number of amides is 1. The minimum atomic E-state index is -4.50. The molecular formula is C22H20F3N3OS. The van der Waals surface area contributed by atoms with E-state index in [1.165, 1.54) is 17.8 Å². The zero-order chi connectivity index (χ0) is 21.9. The quantitative estimate of drug-likeness (QED) is 0.528. The van der Waals surface area contributed by atoms with Gasteiger partial charge in [-0.05, 0) is 61.6 Å². The molecule has 0 unspecified atom stereocenters. The van der Waals surface area contributed by atoms with Crippen molar-refractivity contribution < 1.29 is 18.0 Å². The minimum absolute atomic E-state index is 0.327. The fourth-order valence-electron chi connectivity index (χ4n) is 2.83. The van der Waals surface area contributed by atoms with Crippen LogP contribution in [0.4, 0.5) is 13.2 Å². The molecule has 1 aromatic carbocycles. The van der Waals surface area contributed by atoms with Crippen molar-refractivity contribution >= 4 is 17.7 Å². The second kappa shape index (κ2) is 8.87. The maximum atomic E-state index is 12.8. The summed E-state index contributed by atoms with van der Waals surface area (Å²) < 4.78 is 38.1. The molecule has 3 aromatic rings. The van der Waals surface area contributed by atoms with Crippen LogP contribution in [0.2, 0.25) is 0 Å². The van der Waals surface area contributed by atoms with E-state index in [4.69, 9.17) is 0 Å². The number of hydrogen-bond donors (Lipinski definition) is 1.